The van der Waals surface area contributed by atoms with Gasteiger partial charge in [0.15, 0.2) is 0 Å². The summed E-state index contributed by atoms with van der Waals surface area (Å²) < 4.78 is 0. The molecule has 1 aromatic carbocycles. The van der Waals surface area contributed by atoms with Crippen molar-refractivity contribution in [2.24, 2.45) is 17.6 Å². The van der Waals surface area contributed by atoms with E-state index in [4.69, 9.17) is 10.8 Å². The molecule has 6 heteroatoms. The van der Waals surface area contributed by atoms with Gasteiger partial charge in [-0.3, -0.25) is 14.4 Å². The maximum absolute atomic E-state index is 12.3. The van der Waals surface area contributed by atoms with Crippen molar-refractivity contribution in [1.82, 2.24) is 0 Å². The van der Waals surface area contributed by atoms with E-state index in [1.807, 2.05) is 0 Å². The molecule has 21 heavy (non-hydrogen) atoms. The molecule has 2 atom stereocenters. The Morgan fingerprint density at radius 2 is 1.90 bits per heavy atom. The standard InChI is InChI=1S/C15H18N2O4/c1-8-9(13(16)18)4-3-7-12(8)17-14(19)10-5-2-6-11(10)15(20)21/h3-4,7,10-11H,2,5-6H2,1H3,(H2,16,18)(H,17,19)(H,20,21)/t10-,11+/m1/s1. The number of nitrogens with two attached hydrogens (primary N) is 1. The Hall–Kier alpha value is -2.37. The fourth-order valence-corrected chi connectivity index (χ4v) is 2.83. The highest BCUT2D eigenvalue weighted by Crippen LogP contribution is 2.33. The zero-order chi connectivity index (χ0) is 15.6. The number of carbonyl (C=O) groups is 3. The number of rotatable bonds is 4. The summed E-state index contributed by atoms with van der Waals surface area (Å²) in [6.45, 7) is 1.69. The van der Waals surface area contributed by atoms with Crippen LogP contribution in [0, 0.1) is 18.8 Å². The van der Waals surface area contributed by atoms with E-state index in [1.54, 1.807) is 25.1 Å². The molecule has 1 saturated carbocycles. The Balaban J connectivity index is 2.18. The van der Waals surface area contributed by atoms with Gasteiger partial charge in [0.25, 0.3) is 0 Å². The van der Waals surface area contributed by atoms with Crippen LogP contribution in [0.3, 0.4) is 0 Å². The number of hydrogen-bond acceptors (Lipinski definition) is 3. The maximum atomic E-state index is 12.3. The van der Waals surface area contributed by atoms with Crippen molar-refractivity contribution >= 4 is 23.5 Å². The summed E-state index contributed by atoms with van der Waals surface area (Å²) in [5.41, 5.74) is 6.69. The van der Waals surface area contributed by atoms with Gasteiger partial charge in [-0.2, -0.15) is 0 Å². The van der Waals surface area contributed by atoms with Gasteiger partial charge in [0, 0.05) is 11.3 Å². The third-order valence-corrected chi connectivity index (χ3v) is 4.03. The second kappa shape index (κ2) is 5.95. The smallest absolute Gasteiger partial charge is 0.307 e. The highest BCUT2D eigenvalue weighted by Gasteiger charge is 2.37. The van der Waals surface area contributed by atoms with Crippen molar-refractivity contribution in [3.05, 3.63) is 29.3 Å². The first-order valence-corrected chi connectivity index (χ1v) is 6.85. The van der Waals surface area contributed by atoms with Gasteiger partial charge in [-0.1, -0.05) is 12.5 Å². The SMILES string of the molecule is Cc1c(NC(=O)[C@@H]2CCC[C@@H]2C(=O)O)cccc1C(N)=O. The van der Waals surface area contributed by atoms with E-state index >= 15 is 0 Å². The number of hydrogen-bond donors (Lipinski definition) is 3. The lowest BCUT2D eigenvalue weighted by atomic mass is 9.95. The van der Waals surface area contributed by atoms with Crippen molar-refractivity contribution in [3.8, 4) is 0 Å². The third kappa shape index (κ3) is 3.04. The highest BCUT2D eigenvalue weighted by atomic mass is 16.4. The summed E-state index contributed by atoms with van der Waals surface area (Å²) in [6.07, 6.45) is 1.82. The quantitative estimate of drug-likeness (QED) is 0.781. The summed E-state index contributed by atoms with van der Waals surface area (Å²) in [5.74, 6) is -2.98. The zero-order valence-corrected chi connectivity index (χ0v) is 11.8. The molecule has 112 valence electrons. The second-order valence-corrected chi connectivity index (χ2v) is 5.31. The lowest BCUT2D eigenvalue weighted by molar-refractivity contribution is -0.145. The topological polar surface area (TPSA) is 109 Å². The largest absolute Gasteiger partial charge is 0.481 e. The normalized spacial score (nSPS) is 21.0. The van der Waals surface area contributed by atoms with Crippen LogP contribution in [0.5, 0.6) is 0 Å². The molecule has 2 rings (SSSR count). The summed E-state index contributed by atoms with van der Waals surface area (Å²) in [5, 5.41) is 11.9. The average molecular weight is 290 g/mol. The number of nitrogens with one attached hydrogen (secondary N) is 1. The Bertz CT molecular complexity index is 597. The molecule has 1 fully saturated rings. The van der Waals surface area contributed by atoms with Gasteiger partial charge in [0.1, 0.15) is 0 Å². The van der Waals surface area contributed by atoms with Crippen molar-refractivity contribution in [2.45, 2.75) is 26.2 Å². The molecule has 0 spiro atoms. The molecule has 0 radical (unpaired) electrons. The molecule has 2 amide bonds. The molecule has 1 aromatic rings. The van der Waals surface area contributed by atoms with E-state index in [-0.39, 0.29) is 5.91 Å². The fraction of sp³-hybridized carbons (Fsp3) is 0.400. The number of carboxylic acid groups (broad SMARTS) is 1. The van der Waals surface area contributed by atoms with E-state index in [1.165, 1.54) is 0 Å². The Kier molecular flexibility index (Phi) is 4.26. The van der Waals surface area contributed by atoms with Crippen LogP contribution < -0.4 is 11.1 Å². The summed E-state index contributed by atoms with van der Waals surface area (Å²) >= 11 is 0. The molecule has 0 heterocycles. The van der Waals surface area contributed by atoms with Crippen molar-refractivity contribution in [2.75, 3.05) is 5.32 Å². The molecule has 0 unspecified atom stereocenters. The Morgan fingerprint density at radius 1 is 1.24 bits per heavy atom. The summed E-state index contributed by atoms with van der Waals surface area (Å²) in [4.78, 5) is 34.7. The first-order chi connectivity index (χ1) is 9.91. The number of anilines is 1. The van der Waals surface area contributed by atoms with E-state index in [0.29, 0.717) is 29.7 Å². The number of carbonyl (C=O) groups excluding carboxylic acids is 2. The monoisotopic (exact) mass is 290 g/mol. The molecule has 4 N–H and O–H groups in total. The number of amides is 2. The van der Waals surface area contributed by atoms with E-state index in [9.17, 15) is 14.4 Å². The fourth-order valence-electron chi connectivity index (χ4n) is 2.83. The predicted octanol–water partition coefficient (Wildman–Crippen LogP) is 1.53. The number of carboxylic acids is 1. The molecule has 0 saturated heterocycles. The summed E-state index contributed by atoms with van der Waals surface area (Å²) in [7, 11) is 0. The van der Waals surface area contributed by atoms with Gasteiger partial charge in [0.2, 0.25) is 11.8 Å². The van der Waals surface area contributed by atoms with Crippen LogP contribution in [0.2, 0.25) is 0 Å². The average Bonchev–Trinajstić information content (AvgIpc) is 2.90. The molecule has 0 aliphatic heterocycles. The summed E-state index contributed by atoms with van der Waals surface area (Å²) in [6, 6.07) is 4.89. The Morgan fingerprint density at radius 3 is 2.52 bits per heavy atom. The molecule has 6 nitrogen and oxygen atoms in total. The molecular weight excluding hydrogens is 272 g/mol. The minimum absolute atomic E-state index is 0.315. The van der Waals surface area contributed by atoms with E-state index in [0.717, 1.165) is 6.42 Å². The third-order valence-electron chi connectivity index (χ3n) is 4.03. The van der Waals surface area contributed by atoms with Crippen molar-refractivity contribution in [3.63, 3.8) is 0 Å². The van der Waals surface area contributed by atoms with Gasteiger partial charge < -0.3 is 16.2 Å². The first-order valence-electron chi connectivity index (χ1n) is 6.85. The molecule has 0 bridgehead atoms. The van der Waals surface area contributed by atoms with Gasteiger partial charge >= 0.3 is 5.97 Å². The second-order valence-electron chi connectivity index (χ2n) is 5.31. The Labute approximate surface area is 122 Å². The van der Waals surface area contributed by atoms with Gasteiger partial charge in [-0.05, 0) is 37.5 Å². The van der Waals surface area contributed by atoms with Crippen LogP contribution in [0.15, 0.2) is 18.2 Å². The minimum Gasteiger partial charge on any atom is -0.481 e. The maximum Gasteiger partial charge on any atom is 0.307 e. The van der Waals surface area contributed by atoms with Crippen molar-refractivity contribution < 1.29 is 19.5 Å². The number of benzene rings is 1. The van der Waals surface area contributed by atoms with Crippen LogP contribution in [0.1, 0.15) is 35.2 Å². The number of aliphatic carboxylic acids is 1. The van der Waals surface area contributed by atoms with E-state index < -0.39 is 23.7 Å². The highest BCUT2D eigenvalue weighted by molar-refractivity contribution is 6.00. The number of primary amides is 1. The van der Waals surface area contributed by atoms with Gasteiger partial charge in [-0.25, -0.2) is 0 Å². The van der Waals surface area contributed by atoms with Crippen LogP contribution in [0.25, 0.3) is 0 Å². The minimum atomic E-state index is -0.935. The molecule has 1 aliphatic carbocycles. The van der Waals surface area contributed by atoms with Crippen LogP contribution in [-0.2, 0) is 9.59 Å². The lowest BCUT2D eigenvalue weighted by Gasteiger charge is -2.17. The van der Waals surface area contributed by atoms with Crippen molar-refractivity contribution in [1.29, 1.82) is 0 Å². The molecule has 1 aliphatic rings. The first kappa shape index (κ1) is 15.0. The molecule has 0 aromatic heterocycles. The van der Waals surface area contributed by atoms with Gasteiger partial charge in [0.05, 0.1) is 11.8 Å². The van der Waals surface area contributed by atoms with E-state index in [2.05, 4.69) is 5.32 Å². The lowest BCUT2D eigenvalue weighted by Crippen LogP contribution is -2.30. The van der Waals surface area contributed by atoms with Gasteiger partial charge in [-0.15, -0.1) is 0 Å². The van der Waals surface area contributed by atoms with Crippen LogP contribution >= 0.6 is 0 Å². The predicted molar refractivity (Wildman–Crippen MR) is 76.8 cm³/mol. The molecular formula is C15H18N2O4. The zero-order valence-electron chi connectivity index (χ0n) is 11.8. The van der Waals surface area contributed by atoms with Crippen LogP contribution in [-0.4, -0.2) is 22.9 Å². The van der Waals surface area contributed by atoms with Crippen LogP contribution in [0.4, 0.5) is 5.69 Å².